The maximum Gasteiger partial charge on any atom is 0.341 e. The number of benzene rings is 2. The summed E-state index contributed by atoms with van der Waals surface area (Å²) < 4.78 is 6.61. The first-order valence-electron chi connectivity index (χ1n) is 11.0. The number of aromatic nitrogens is 2. The Morgan fingerprint density at radius 3 is 2.57 bits per heavy atom. The number of nitrogens with one attached hydrogen (secondary N) is 1. The summed E-state index contributed by atoms with van der Waals surface area (Å²) in [4.78, 5) is 38.1. The van der Waals surface area contributed by atoms with Crippen LogP contribution in [-0.4, -0.2) is 46.3 Å². The third-order valence-corrected chi connectivity index (χ3v) is 5.59. The average Bonchev–Trinajstić information content (AvgIpc) is 3.30. The first-order chi connectivity index (χ1) is 17.0. The van der Waals surface area contributed by atoms with Gasteiger partial charge < -0.3 is 15.0 Å². The molecule has 4 rings (SSSR count). The van der Waals surface area contributed by atoms with Crippen molar-refractivity contribution < 1.29 is 19.2 Å². The third-order valence-electron chi connectivity index (χ3n) is 5.59. The van der Waals surface area contributed by atoms with E-state index in [9.17, 15) is 25.0 Å². The highest BCUT2D eigenvalue weighted by molar-refractivity contribution is 5.99. The number of nitriles is 1. The molecule has 1 amide bonds. The normalized spacial score (nSPS) is 13.1. The van der Waals surface area contributed by atoms with Crippen LogP contribution in [0.4, 0.5) is 17.2 Å². The molecule has 178 valence electrons. The van der Waals surface area contributed by atoms with E-state index in [0.717, 1.165) is 32.4 Å². The number of nitro benzene ring substituents is 1. The number of nitro groups is 1. The third kappa shape index (κ3) is 5.27. The zero-order valence-electron chi connectivity index (χ0n) is 18.7. The van der Waals surface area contributed by atoms with Crippen LogP contribution < -0.4 is 10.2 Å². The maximum atomic E-state index is 12.9. The largest absolute Gasteiger partial charge is 0.452 e. The molecular weight excluding hydrogens is 452 g/mol. The van der Waals surface area contributed by atoms with E-state index >= 15 is 0 Å². The van der Waals surface area contributed by atoms with Crippen molar-refractivity contribution in [3.63, 3.8) is 0 Å². The second kappa shape index (κ2) is 10.5. The molecule has 0 spiro atoms. The van der Waals surface area contributed by atoms with Crippen LogP contribution in [0.5, 0.6) is 0 Å². The molecule has 1 aromatic heterocycles. The monoisotopic (exact) mass is 474 g/mol. The number of carbonyl (C=O) groups excluding carboxylic acids is 2. The van der Waals surface area contributed by atoms with Crippen LogP contribution >= 0.6 is 0 Å². The molecule has 11 nitrogen and oxygen atoms in total. The molecule has 0 bridgehead atoms. The van der Waals surface area contributed by atoms with E-state index < -0.39 is 23.4 Å². The highest BCUT2D eigenvalue weighted by Gasteiger charge is 2.24. The van der Waals surface area contributed by atoms with Crippen molar-refractivity contribution in [2.24, 2.45) is 0 Å². The van der Waals surface area contributed by atoms with Crippen LogP contribution in [0.25, 0.3) is 5.69 Å². The van der Waals surface area contributed by atoms with Crippen LogP contribution in [0.15, 0.2) is 54.7 Å². The Morgan fingerprint density at radius 2 is 1.89 bits per heavy atom. The number of esters is 1. The summed E-state index contributed by atoms with van der Waals surface area (Å²) in [6.45, 7) is 0.795. The Morgan fingerprint density at radius 1 is 1.14 bits per heavy atom. The fourth-order valence-corrected chi connectivity index (χ4v) is 3.90. The Kier molecular flexibility index (Phi) is 7.02. The molecule has 2 heterocycles. The van der Waals surface area contributed by atoms with Gasteiger partial charge in [-0.3, -0.25) is 14.9 Å². The number of para-hydroxylation sites is 1. The second-order valence-corrected chi connectivity index (χ2v) is 7.90. The first-order valence-corrected chi connectivity index (χ1v) is 11.0. The van der Waals surface area contributed by atoms with Gasteiger partial charge in [-0.15, -0.1) is 0 Å². The van der Waals surface area contributed by atoms with Gasteiger partial charge in [-0.1, -0.05) is 18.2 Å². The number of ether oxygens (including phenoxy) is 1. The lowest BCUT2D eigenvalue weighted by molar-refractivity contribution is -0.384. The van der Waals surface area contributed by atoms with Gasteiger partial charge in [-0.2, -0.15) is 10.4 Å². The molecule has 1 aliphatic rings. The van der Waals surface area contributed by atoms with E-state index in [2.05, 4.69) is 10.4 Å². The van der Waals surface area contributed by atoms with Crippen molar-refractivity contribution >= 4 is 29.1 Å². The Labute approximate surface area is 200 Å². The summed E-state index contributed by atoms with van der Waals surface area (Å²) in [6, 6.07) is 14.9. The molecule has 35 heavy (non-hydrogen) atoms. The van der Waals surface area contributed by atoms with E-state index in [-0.39, 0.29) is 22.6 Å². The van der Waals surface area contributed by atoms with Crippen LogP contribution in [0.1, 0.15) is 35.2 Å². The molecule has 0 atom stereocenters. The van der Waals surface area contributed by atoms with Gasteiger partial charge in [0.05, 0.1) is 28.1 Å². The molecule has 1 aliphatic heterocycles. The minimum absolute atomic E-state index is 0.0286. The quantitative estimate of drug-likeness (QED) is 0.312. The van der Waals surface area contributed by atoms with Crippen molar-refractivity contribution in [2.75, 3.05) is 29.9 Å². The number of rotatable bonds is 7. The number of non-ortho nitro benzene ring substituents is 1. The van der Waals surface area contributed by atoms with E-state index in [4.69, 9.17) is 4.74 Å². The predicted octanol–water partition coefficient (Wildman–Crippen LogP) is 3.44. The summed E-state index contributed by atoms with van der Waals surface area (Å²) in [5.74, 6) is -1.39. The molecule has 2 aromatic carbocycles. The molecular formula is C24H22N6O5. The molecule has 1 fully saturated rings. The summed E-state index contributed by atoms with van der Waals surface area (Å²) in [7, 11) is 0. The lowest BCUT2D eigenvalue weighted by Gasteiger charge is -2.30. The first kappa shape index (κ1) is 23.4. The standard InChI is InChI=1S/C24H22N6O5/c25-14-17-15-26-29(18-7-3-1-4-8-18)23(17)27-22(31)16-35-24(32)20-13-19(30(33)34)9-10-21(20)28-11-5-2-6-12-28/h1,3-4,7-10,13,15H,2,5-6,11-12,16H2,(H,27,31). The van der Waals surface area contributed by atoms with Crippen molar-refractivity contribution in [3.8, 4) is 11.8 Å². The average molecular weight is 474 g/mol. The van der Waals surface area contributed by atoms with Crippen LogP contribution in [0.3, 0.4) is 0 Å². The number of piperidine rings is 1. The highest BCUT2D eigenvalue weighted by Crippen LogP contribution is 2.29. The maximum absolute atomic E-state index is 12.9. The van der Waals surface area contributed by atoms with Crippen molar-refractivity contribution in [3.05, 3.63) is 76.0 Å². The lowest BCUT2D eigenvalue weighted by atomic mass is 10.1. The van der Waals surface area contributed by atoms with Gasteiger partial charge in [0.15, 0.2) is 12.4 Å². The summed E-state index contributed by atoms with van der Waals surface area (Å²) in [6.07, 6.45) is 4.30. The van der Waals surface area contributed by atoms with Gasteiger partial charge in [0.25, 0.3) is 11.6 Å². The molecule has 1 N–H and O–H groups in total. The van der Waals surface area contributed by atoms with Gasteiger partial charge in [0, 0.05) is 25.2 Å². The number of anilines is 2. The van der Waals surface area contributed by atoms with E-state index in [0.29, 0.717) is 11.4 Å². The summed E-state index contributed by atoms with van der Waals surface area (Å²) in [5, 5.41) is 27.4. The zero-order chi connectivity index (χ0) is 24.8. The van der Waals surface area contributed by atoms with Crippen LogP contribution in [-0.2, 0) is 9.53 Å². The zero-order valence-corrected chi connectivity index (χ0v) is 18.7. The number of hydrogen-bond donors (Lipinski definition) is 1. The number of carbonyl (C=O) groups is 2. The van der Waals surface area contributed by atoms with Crippen LogP contribution in [0.2, 0.25) is 0 Å². The molecule has 0 radical (unpaired) electrons. The van der Waals surface area contributed by atoms with E-state index in [1.807, 2.05) is 17.0 Å². The van der Waals surface area contributed by atoms with Crippen molar-refractivity contribution in [1.29, 1.82) is 5.26 Å². The minimum atomic E-state index is -0.846. The Bertz CT molecular complexity index is 1290. The fourth-order valence-electron chi connectivity index (χ4n) is 3.90. The fraction of sp³-hybridized carbons (Fsp3) is 0.250. The smallest absolute Gasteiger partial charge is 0.341 e. The predicted molar refractivity (Wildman–Crippen MR) is 126 cm³/mol. The summed E-state index contributed by atoms with van der Waals surface area (Å²) >= 11 is 0. The SMILES string of the molecule is N#Cc1cnn(-c2ccccc2)c1NC(=O)COC(=O)c1cc([N+](=O)[O-])ccc1N1CCCCC1. The van der Waals surface area contributed by atoms with Crippen molar-refractivity contribution in [1.82, 2.24) is 9.78 Å². The van der Waals surface area contributed by atoms with Gasteiger partial charge in [0.2, 0.25) is 0 Å². The van der Waals surface area contributed by atoms with Crippen molar-refractivity contribution in [2.45, 2.75) is 19.3 Å². The Balaban J connectivity index is 1.50. The number of hydrogen-bond acceptors (Lipinski definition) is 8. The van der Waals surface area contributed by atoms with Gasteiger partial charge in [0.1, 0.15) is 11.6 Å². The van der Waals surface area contributed by atoms with Gasteiger partial charge in [-0.05, 0) is 37.5 Å². The molecule has 3 aromatic rings. The molecule has 0 saturated carbocycles. The van der Waals surface area contributed by atoms with Gasteiger partial charge in [-0.25, -0.2) is 9.48 Å². The molecule has 0 aliphatic carbocycles. The molecule has 1 saturated heterocycles. The van der Waals surface area contributed by atoms with Gasteiger partial charge >= 0.3 is 5.97 Å². The van der Waals surface area contributed by atoms with Crippen LogP contribution in [0, 0.1) is 21.4 Å². The second-order valence-electron chi connectivity index (χ2n) is 7.90. The number of amides is 1. The summed E-state index contributed by atoms with van der Waals surface area (Å²) in [5.41, 5.74) is 1.09. The highest BCUT2D eigenvalue weighted by atomic mass is 16.6. The lowest BCUT2D eigenvalue weighted by Crippen LogP contribution is -2.31. The topological polar surface area (TPSA) is 143 Å². The van der Waals surface area contributed by atoms with E-state index in [1.54, 1.807) is 24.3 Å². The Hall–Kier alpha value is -4.72. The molecule has 11 heteroatoms. The molecule has 0 unspecified atom stereocenters. The number of nitrogens with zero attached hydrogens (tertiary/aromatic N) is 5. The van der Waals surface area contributed by atoms with E-state index in [1.165, 1.54) is 29.1 Å². The minimum Gasteiger partial charge on any atom is -0.452 e.